The van der Waals surface area contributed by atoms with Gasteiger partial charge in [0, 0.05) is 0 Å². The van der Waals surface area contributed by atoms with E-state index in [1.807, 2.05) is 6.07 Å². The first-order valence-corrected chi connectivity index (χ1v) is 5.52. The van der Waals surface area contributed by atoms with E-state index in [0.717, 1.165) is 6.07 Å². The van der Waals surface area contributed by atoms with Gasteiger partial charge in [-0.25, -0.2) is 4.39 Å². The Morgan fingerprint density at radius 1 is 1.21 bits per heavy atom. The minimum absolute atomic E-state index is 0.235. The summed E-state index contributed by atoms with van der Waals surface area (Å²) in [6, 6.07) is 10.9. The summed E-state index contributed by atoms with van der Waals surface area (Å²) in [5.74, 6) is -0.0341. The van der Waals surface area contributed by atoms with Gasteiger partial charge in [0.1, 0.15) is 11.6 Å². The van der Waals surface area contributed by atoms with E-state index in [4.69, 9.17) is 10.00 Å². The molecule has 2 aromatic carbocycles. The van der Waals surface area contributed by atoms with E-state index < -0.39 is 5.82 Å². The first kappa shape index (κ1) is 12.8. The van der Waals surface area contributed by atoms with Crippen LogP contribution in [-0.4, -0.2) is 13.4 Å². The van der Waals surface area contributed by atoms with Crippen LogP contribution in [-0.2, 0) is 0 Å². The maximum Gasteiger partial charge on any atom is 0.153 e. The number of aldehydes is 1. The van der Waals surface area contributed by atoms with Gasteiger partial charge in [0.15, 0.2) is 6.29 Å². The largest absolute Gasteiger partial charge is 0.496 e. The van der Waals surface area contributed by atoms with Crippen molar-refractivity contribution in [2.75, 3.05) is 7.11 Å². The lowest BCUT2D eigenvalue weighted by atomic mass is 10.0. The molecule has 0 spiro atoms. The van der Waals surface area contributed by atoms with Crippen LogP contribution in [0.15, 0.2) is 36.4 Å². The van der Waals surface area contributed by atoms with Gasteiger partial charge in [0.05, 0.1) is 24.3 Å². The van der Waals surface area contributed by atoms with Gasteiger partial charge < -0.3 is 4.74 Å². The fraction of sp³-hybridized carbons (Fsp3) is 0.0667. The summed E-state index contributed by atoms with van der Waals surface area (Å²) in [5.41, 5.74) is 1.81. The Bertz CT molecular complexity index is 674. The van der Waals surface area contributed by atoms with Crippen molar-refractivity contribution in [2.45, 2.75) is 0 Å². The molecule has 0 unspecified atom stereocenters. The third-order valence-corrected chi connectivity index (χ3v) is 2.72. The highest BCUT2D eigenvalue weighted by atomic mass is 19.1. The van der Waals surface area contributed by atoms with Crippen LogP contribution in [0.4, 0.5) is 4.39 Å². The Kier molecular flexibility index (Phi) is 3.58. The number of hydrogen-bond acceptors (Lipinski definition) is 3. The molecule has 0 aliphatic rings. The van der Waals surface area contributed by atoms with E-state index in [2.05, 4.69) is 0 Å². The maximum absolute atomic E-state index is 13.4. The topological polar surface area (TPSA) is 50.1 Å². The van der Waals surface area contributed by atoms with E-state index in [9.17, 15) is 9.18 Å². The molecule has 0 saturated heterocycles. The van der Waals surface area contributed by atoms with Crippen LogP contribution in [0, 0.1) is 17.1 Å². The second-order valence-corrected chi connectivity index (χ2v) is 3.91. The lowest BCUT2D eigenvalue weighted by Crippen LogP contribution is -1.92. The van der Waals surface area contributed by atoms with Crippen LogP contribution < -0.4 is 4.74 Å². The molecule has 0 aliphatic heterocycles. The fourth-order valence-electron chi connectivity index (χ4n) is 1.83. The average Bonchev–Trinajstić information content (AvgIpc) is 2.45. The molecule has 0 amide bonds. The summed E-state index contributed by atoms with van der Waals surface area (Å²) in [5, 5.41) is 8.82. The SMILES string of the molecule is COc1ccc(-c2cc(F)cc(C#N)c2)cc1C=O. The Balaban J connectivity index is 2.56. The Hall–Kier alpha value is -2.67. The molecule has 0 saturated carbocycles. The summed E-state index contributed by atoms with van der Waals surface area (Å²) in [7, 11) is 1.47. The van der Waals surface area contributed by atoms with Crippen LogP contribution in [0.1, 0.15) is 15.9 Å². The predicted octanol–water partition coefficient (Wildman–Crippen LogP) is 3.19. The number of carbonyl (C=O) groups excluding carboxylic acids is 1. The highest BCUT2D eigenvalue weighted by Crippen LogP contribution is 2.27. The number of methoxy groups -OCH3 is 1. The van der Waals surface area contributed by atoms with Gasteiger partial charge in [-0.2, -0.15) is 5.26 Å². The lowest BCUT2D eigenvalue weighted by molar-refractivity contribution is 0.112. The molecule has 0 heterocycles. The minimum Gasteiger partial charge on any atom is -0.496 e. The summed E-state index contributed by atoms with van der Waals surface area (Å²) in [4.78, 5) is 11.0. The van der Waals surface area contributed by atoms with Gasteiger partial charge in [-0.05, 0) is 41.5 Å². The molecule has 2 rings (SSSR count). The average molecular weight is 255 g/mol. The summed E-state index contributed by atoms with van der Waals surface area (Å²) < 4.78 is 18.4. The number of rotatable bonds is 3. The van der Waals surface area contributed by atoms with E-state index in [1.54, 1.807) is 24.3 Å². The molecule has 4 heteroatoms. The minimum atomic E-state index is -0.488. The van der Waals surface area contributed by atoms with Gasteiger partial charge in [0.25, 0.3) is 0 Å². The highest BCUT2D eigenvalue weighted by Gasteiger charge is 2.07. The third kappa shape index (κ3) is 2.61. The second-order valence-electron chi connectivity index (χ2n) is 3.91. The molecule has 0 bridgehead atoms. The highest BCUT2D eigenvalue weighted by molar-refractivity contribution is 5.83. The van der Waals surface area contributed by atoms with Crippen molar-refractivity contribution >= 4 is 6.29 Å². The van der Waals surface area contributed by atoms with E-state index in [0.29, 0.717) is 28.7 Å². The zero-order chi connectivity index (χ0) is 13.8. The molecule has 0 fully saturated rings. The third-order valence-electron chi connectivity index (χ3n) is 2.72. The molecule has 19 heavy (non-hydrogen) atoms. The maximum atomic E-state index is 13.4. The zero-order valence-corrected chi connectivity index (χ0v) is 10.2. The number of nitriles is 1. The van der Waals surface area contributed by atoms with Gasteiger partial charge in [-0.15, -0.1) is 0 Å². The van der Waals surface area contributed by atoms with Crippen molar-refractivity contribution in [1.29, 1.82) is 5.26 Å². The molecule has 0 atom stereocenters. The van der Waals surface area contributed by atoms with Crippen LogP contribution >= 0.6 is 0 Å². The Morgan fingerprint density at radius 3 is 2.63 bits per heavy atom. The molecule has 0 radical (unpaired) electrons. The van der Waals surface area contributed by atoms with Crippen LogP contribution in [0.5, 0.6) is 5.75 Å². The van der Waals surface area contributed by atoms with Gasteiger partial charge in [-0.1, -0.05) is 6.07 Å². The Labute approximate surface area is 109 Å². The summed E-state index contributed by atoms with van der Waals surface area (Å²) >= 11 is 0. The number of halogens is 1. The van der Waals surface area contributed by atoms with Crippen molar-refractivity contribution in [3.8, 4) is 22.9 Å². The normalized spacial score (nSPS) is 9.74. The van der Waals surface area contributed by atoms with Crippen molar-refractivity contribution in [3.63, 3.8) is 0 Å². The van der Waals surface area contributed by atoms with Crippen LogP contribution in [0.2, 0.25) is 0 Å². The Morgan fingerprint density at radius 2 is 2.00 bits per heavy atom. The number of nitrogens with zero attached hydrogens (tertiary/aromatic N) is 1. The van der Waals surface area contributed by atoms with E-state index in [-0.39, 0.29) is 5.56 Å². The number of ether oxygens (including phenoxy) is 1. The zero-order valence-electron chi connectivity index (χ0n) is 10.2. The molecule has 3 nitrogen and oxygen atoms in total. The number of benzene rings is 2. The van der Waals surface area contributed by atoms with Crippen molar-refractivity contribution in [3.05, 3.63) is 53.3 Å². The molecule has 0 aliphatic carbocycles. The molecule has 94 valence electrons. The molecule has 0 aromatic heterocycles. The van der Waals surface area contributed by atoms with E-state index in [1.165, 1.54) is 13.2 Å². The number of carbonyl (C=O) groups is 1. The standard InChI is InChI=1S/C15H10FNO2/c1-19-15-3-2-11(6-13(15)9-18)12-4-10(8-17)5-14(16)7-12/h2-7,9H,1H3. The molecule has 0 N–H and O–H groups in total. The van der Waals surface area contributed by atoms with Crippen LogP contribution in [0.3, 0.4) is 0 Å². The second kappa shape index (κ2) is 5.32. The quantitative estimate of drug-likeness (QED) is 0.791. The molecular formula is C15H10FNO2. The first-order chi connectivity index (χ1) is 9.17. The fourth-order valence-corrected chi connectivity index (χ4v) is 1.83. The summed E-state index contributed by atoms with van der Waals surface area (Å²) in [6.07, 6.45) is 0.673. The van der Waals surface area contributed by atoms with Crippen molar-refractivity contribution < 1.29 is 13.9 Å². The smallest absolute Gasteiger partial charge is 0.153 e. The number of hydrogen-bond donors (Lipinski definition) is 0. The first-order valence-electron chi connectivity index (χ1n) is 5.52. The van der Waals surface area contributed by atoms with Crippen LogP contribution in [0.25, 0.3) is 11.1 Å². The van der Waals surface area contributed by atoms with Crippen molar-refractivity contribution in [2.24, 2.45) is 0 Å². The lowest BCUT2D eigenvalue weighted by Gasteiger charge is -2.07. The van der Waals surface area contributed by atoms with Gasteiger partial charge in [0.2, 0.25) is 0 Å². The predicted molar refractivity (Wildman–Crippen MR) is 68.5 cm³/mol. The monoisotopic (exact) mass is 255 g/mol. The molecule has 2 aromatic rings. The molecular weight excluding hydrogens is 245 g/mol. The van der Waals surface area contributed by atoms with Gasteiger partial charge in [-0.3, -0.25) is 4.79 Å². The van der Waals surface area contributed by atoms with E-state index >= 15 is 0 Å². The summed E-state index contributed by atoms with van der Waals surface area (Å²) in [6.45, 7) is 0. The van der Waals surface area contributed by atoms with Gasteiger partial charge >= 0.3 is 0 Å². The van der Waals surface area contributed by atoms with Crippen molar-refractivity contribution in [1.82, 2.24) is 0 Å².